The van der Waals surface area contributed by atoms with Gasteiger partial charge in [0, 0.05) is 30.2 Å². The molecule has 2 fully saturated rings. The summed E-state index contributed by atoms with van der Waals surface area (Å²) in [7, 11) is 0. The lowest BCUT2D eigenvalue weighted by atomic mass is 9.99. The van der Waals surface area contributed by atoms with Crippen LogP contribution in [0.1, 0.15) is 48.0 Å². The SMILES string of the molecule is Cc1cc(C(=O)N2CCCC[C@@H]2C(=O)N2CCCC2)ccc1Cl. The molecule has 0 bridgehead atoms. The molecule has 4 nitrogen and oxygen atoms in total. The number of nitrogens with zero attached hydrogens (tertiary/aromatic N) is 2. The number of rotatable bonds is 2. The van der Waals surface area contributed by atoms with Crippen molar-refractivity contribution in [3.8, 4) is 0 Å². The zero-order chi connectivity index (χ0) is 16.4. The fraction of sp³-hybridized carbons (Fsp3) is 0.556. The minimum absolute atomic E-state index is 0.0537. The normalized spacial score (nSPS) is 21.6. The van der Waals surface area contributed by atoms with E-state index in [0.29, 0.717) is 17.1 Å². The summed E-state index contributed by atoms with van der Waals surface area (Å²) >= 11 is 6.05. The average molecular weight is 335 g/mol. The van der Waals surface area contributed by atoms with Crippen molar-refractivity contribution in [2.75, 3.05) is 19.6 Å². The van der Waals surface area contributed by atoms with Crippen LogP contribution in [0.25, 0.3) is 0 Å². The number of benzene rings is 1. The number of halogens is 1. The smallest absolute Gasteiger partial charge is 0.254 e. The number of piperidine rings is 1. The van der Waals surface area contributed by atoms with Crippen molar-refractivity contribution in [3.05, 3.63) is 34.3 Å². The predicted octanol–water partition coefficient (Wildman–Crippen LogP) is 3.27. The van der Waals surface area contributed by atoms with E-state index in [1.54, 1.807) is 17.0 Å². The van der Waals surface area contributed by atoms with E-state index in [9.17, 15) is 9.59 Å². The topological polar surface area (TPSA) is 40.6 Å². The third kappa shape index (κ3) is 3.37. The molecule has 0 spiro atoms. The zero-order valence-corrected chi connectivity index (χ0v) is 14.3. The van der Waals surface area contributed by atoms with Crippen LogP contribution in [0.15, 0.2) is 18.2 Å². The summed E-state index contributed by atoms with van der Waals surface area (Å²) in [6.45, 7) is 4.21. The largest absolute Gasteiger partial charge is 0.341 e. The summed E-state index contributed by atoms with van der Waals surface area (Å²) in [5.41, 5.74) is 1.50. The Kier molecular flexibility index (Phi) is 4.90. The molecule has 2 aliphatic rings. The first-order valence-corrected chi connectivity index (χ1v) is 8.81. The first-order valence-electron chi connectivity index (χ1n) is 8.44. The standard InChI is InChI=1S/C18H23ClN2O2/c1-13-12-14(7-8-15(13)19)17(22)21-11-3-2-6-16(21)18(23)20-9-4-5-10-20/h7-8,12,16H,2-6,9-11H2,1H3/t16-/m1/s1. The summed E-state index contributed by atoms with van der Waals surface area (Å²) in [5, 5.41) is 0.657. The second kappa shape index (κ2) is 6.91. The maximum Gasteiger partial charge on any atom is 0.254 e. The van der Waals surface area contributed by atoms with E-state index in [1.165, 1.54) is 0 Å². The van der Waals surface area contributed by atoms with Crippen molar-refractivity contribution in [3.63, 3.8) is 0 Å². The highest BCUT2D eigenvalue weighted by Crippen LogP contribution is 2.24. The molecule has 1 aromatic carbocycles. The first-order chi connectivity index (χ1) is 11.1. The molecule has 0 unspecified atom stereocenters. The van der Waals surface area contributed by atoms with Gasteiger partial charge in [0.15, 0.2) is 0 Å². The fourth-order valence-corrected chi connectivity index (χ4v) is 3.64. The Morgan fingerprint density at radius 1 is 1.09 bits per heavy atom. The van der Waals surface area contributed by atoms with E-state index >= 15 is 0 Å². The Labute approximate surface area is 142 Å². The molecule has 0 N–H and O–H groups in total. The molecule has 1 atom stereocenters. The number of aryl methyl sites for hydroxylation is 1. The highest BCUT2D eigenvalue weighted by molar-refractivity contribution is 6.31. The average Bonchev–Trinajstić information content (AvgIpc) is 3.10. The van der Waals surface area contributed by atoms with Crippen LogP contribution < -0.4 is 0 Å². The van der Waals surface area contributed by atoms with Crippen molar-refractivity contribution < 1.29 is 9.59 Å². The van der Waals surface area contributed by atoms with Crippen molar-refractivity contribution in [2.45, 2.75) is 45.1 Å². The molecule has 0 radical (unpaired) electrons. The van der Waals surface area contributed by atoms with Crippen LogP contribution in [0, 0.1) is 6.92 Å². The van der Waals surface area contributed by atoms with E-state index < -0.39 is 0 Å². The minimum Gasteiger partial charge on any atom is -0.341 e. The second-order valence-corrected chi connectivity index (χ2v) is 6.91. The van der Waals surface area contributed by atoms with Crippen LogP contribution in [-0.2, 0) is 4.79 Å². The third-order valence-electron chi connectivity index (χ3n) is 4.87. The van der Waals surface area contributed by atoms with E-state index in [-0.39, 0.29) is 17.9 Å². The van der Waals surface area contributed by atoms with Crippen LogP contribution in [-0.4, -0.2) is 47.3 Å². The number of hydrogen-bond acceptors (Lipinski definition) is 2. The lowest BCUT2D eigenvalue weighted by Crippen LogP contribution is -2.52. The van der Waals surface area contributed by atoms with Gasteiger partial charge in [-0.2, -0.15) is 0 Å². The van der Waals surface area contributed by atoms with Gasteiger partial charge in [0.2, 0.25) is 5.91 Å². The lowest BCUT2D eigenvalue weighted by molar-refractivity contribution is -0.136. The predicted molar refractivity (Wildman–Crippen MR) is 90.7 cm³/mol. The van der Waals surface area contributed by atoms with Crippen LogP contribution in [0.3, 0.4) is 0 Å². The van der Waals surface area contributed by atoms with E-state index in [4.69, 9.17) is 11.6 Å². The fourth-order valence-electron chi connectivity index (χ4n) is 3.52. The first kappa shape index (κ1) is 16.3. The van der Waals surface area contributed by atoms with Crippen molar-refractivity contribution >= 4 is 23.4 Å². The minimum atomic E-state index is -0.301. The van der Waals surface area contributed by atoms with E-state index in [0.717, 1.165) is 50.8 Å². The van der Waals surface area contributed by atoms with Gasteiger partial charge in [-0.05, 0) is 62.8 Å². The highest BCUT2D eigenvalue weighted by atomic mass is 35.5. The van der Waals surface area contributed by atoms with Gasteiger partial charge >= 0.3 is 0 Å². The van der Waals surface area contributed by atoms with Crippen LogP contribution >= 0.6 is 11.6 Å². The molecule has 0 aliphatic carbocycles. The van der Waals surface area contributed by atoms with Crippen LogP contribution in [0.2, 0.25) is 5.02 Å². The molecule has 124 valence electrons. The molecule has 2 aliphatic heterocycles. The Hall–Kier alpha value is -1.55. The Balaban J connectivity index is 1.81. The van der Waals surface area contributed by atoms with Gasteiger partial charge in [-0.3, -0.25) is 9.59 Å². The molecule has 2 saturated heterocycles. The Morgan fingerprint density at radius 3 is 2.48 bits per heavy atom. The second-order valence-electron chi connectivity index (χ2n) is 6.51. The van der Waals surface area contributed by atoms with Gasteiger partial charge in [-0.25, -0.2) is 0 Å². The van der Waals surface area contributed by atoms with Gasteiger partial charge in [0.25, 0.3) is 5.91 Å². The Bertz CT molecular complexity index is 611. The number of amides is 2. The van der Waals surface area contributed by atoms with Crippen LogP contribution in [0.4, 0.5) is 0 Å². The Morgan fingerprint density at radius 2 is 1.78 bits per heavy atom. The van der Waals surface area contributed by atoms with Crippen molar-refractivity contribution in [1.82, 2.24) is 9.80 Å². The number of carbonyl (C=O) groups excluding carboxylic acids is 2. The molecular weight excluding hydrogens is 312 g/mol. The number of carbonyl (C=O) groups is 2. The van der Waals surface area contributed by atoms with E-state index in [2.05, 4.69) is 0 Å². The summed E-state index contributed by atoms with van der Waals surface area (Å²) in [6, 6.07) is 5.02. The monoisotopic (exact) mass is 334 g/mol. The molecule has 0 aromatic heterocycles. The van der Waals surface area contributed by atoms with Crippen LogP contribution in [0.5, 0.6) is 0 Å². The summed E-state index contributed by atoms with van der Waals surface area (Å²) in [5.74, 6) is 0.0725. The van der Waals surface area contributed by atoms with Gasteiger partial charge in [0.05, 0.1) is 0 Å². The molecule has 23 heavy (non-hydrogen) atoms. The summed E-state index contributed by atoms with van der Waals surface area (Å²) < 4.78 is 0. The van der Waals surface area contributed by atoms with E-state index in [1.807, 2.05) is 17.9 Å². The van der Waals surface area contributed by atoms with Gasteiger partial charge < -0.3 is 9.80 Å². The number of hydrogen-bond donors (Lipinski definition) is 0. The molecule has 0 saturated carbocycles. The zero-order valence-electron chi connectivity index (χ0n) is 13.6. The molecular formula is C18H23ClN2O2. The van der Waals surface area contributed by atoms with Gasteiger partial charge in [-0.1, -0.05) is 11.6 Å². The maximum absolute atomic E-state index is 12.9. The third-order valence-corrected chi connectivity index (χ3v) is 5.30. The van der Waals surface area contributed by atoms with Gasteiger partial charge in [0.1, 0.15) is 6.04 Å². The molecule has 1 aromatic rings. The van der Waals surface area contributed by atoms with Crippen molar-refractivity contribution in [1.29, 1.82) is 0 Å². The van der Waals surface area contributed by atoms with Crippen molar-refractivity contribution in [2.24, 2.45) is 0 Å². The molecule has 2 heterocycles. The molecule has 2 amide bonds. The quantitative estimate of drug-likeness (QED) is 0.833. The van der Waals surface area contributed by atoms with Gasteiger partial charge in [-0.15, -0.1) is 0 Å². The summed E-state index contributed by atoms with van der Waals surface area (Å²) in [6.07, 6.45) is 4.88. The maximum atomic E-state index is 12.9. The number of likely N-dealkylation sites (tertiary alicyclic amines) is 2. The highest BCUT2D eigenvalue weighted by Gasteiger charge is 2.35. The summed E-state index contributed by atoms with van der Waals surface area (Å²) in [4.78, 5) is 29.4. The lowest BCUT2D eigenvalue weighted by Gasteiger charge is -2.36. The molecule has 3 rings (SSSR count). The molecule has 5 heteroatoms.